The Morgan fingerprint density at radius 3 is 1.43 bits per heavy atom. The molecule has 0 unspecified atom stereocenters. The summed E-state index contributed by atoms with van der Waals surface area (Å²) in [6.45, 7) is 5.54. The molecule has 0 amide bonds. The fourth-order valence-corrected chi connectivity index (χ4v) is 3.14. The van der Waals surface area contributed by atoms with Crippen LogP contribution in [0.5, 0.6) is 0 Å². The van der Waals surface area contributed by atoms with Crippen molar-refractivity contribution in [1.82, 2.24) is 0 Å². The van der Waals surface area contributed by atoms with Crippen molar-refractivity contribution in [1.29, 1.82) is 0 Å². The molecule has 0 rings (SSSR count). The molecule has 1 nitrogen and oxygen atoms in total. The maximum absolute atomic E-state index is 5.29. The minimum Gasteiger partial charge on any atom is -0.385 e. The first-order valence-electron chi connectivity index (χ1n) is 9.84. The molecule has 0 saturated carbocycles. The van der Waals surface area contributed by atoms with E-state index in [2.05, 4.69) is 13.8 Å². The Morgan fingerprint density at radius 2 is 1.00 bits per heavy atom. The van der Waals surface area contributed by atoms with Gasteiger partial charge in [0.05, 0.1) is 0 Å². The van der Waals surface area contributed by atoms with Gasteiger partial charge in [-0.2, -0.15) is 0 Å². The third-order valence-electron chi connectivity index (χ3n) is 4.66. The molecule has 0 heterocycles. The lowest BCUT2D eigenvalue weighted by Gasteiger charge is -2.16. The van der Waals surface area contributed by atoms with Gasteiger partial charge in [0.15, 0.2) is 0 Å². The van der Waals surface area contributed by atoms with Gasteiger partial charge in [-0.25, -0.2) is 0 Å². The average Bonchev–Trinajstić information content (AvgIpc) is 2.50. The molecule has 0 radical (unpaired) electrons. The first-order valence-corrected chi connectivity index (χ1v) is 9.84. The average molecular weight is 299 g/mol. The van der Waals surface area contributed by atoms with Gasteiger partial charge in [0.2, 0.25) is 0 Å². The van der Waals surface area contributed by atoms with Gasteiger partial charge in [-0.3, -0.25) is 0 Å². The molecular formula is C20H42O. The van der Waals surface area contributed by atoms with Crippen molar-refractivity contribution < 1.29 is 4.74 Å². The third-order valence-corrected chi connectivity index (χ3v) is 4.66. The summed E-state index contributed by atoms with van der Waals surface area (Å²) in [6.07, 6.45) is 21.2. The molecule has 0 saturated heterocycles. The molecule has 128 valence electrons. The number of ether oxygens (including phenoxy) is 1. The van der Waals surface area contributed by atoms with Gasteiger partial charge in [-0.05, 0) is 12.3 Å². The zero-order valence-corrected chi connectivity index (χ0v) is 15.3. The molecule has 0 aliphatic carbocycles. The molecule has 21 heavy (non-hydrogen) atoms. The van der Waals surface area contributed by atoms with E-state index in [-0.39, 0.29) is 0 Å². The Hall–Kier alpha value is -0.0400. The minimum atomic E-state index is 0.919. The predicted octanol–water partition coefficient (Wildman–Crippen LogP) is 7.14. The highest BCUT2D eigenvalue weighted by atomic mass is 16.5. The van der Waals surface area contributed by atoms with E-state index in [0.717, 1.165) is 12.5 Å². The quantitative estimate of drug-likeness (QED) is 0.259. The van der Waals surface area contributed by atoms with Gasteiger partial charge < -0.3 is 4.74 Å². The first kappa shape index (κ1) is 21.0. The molecule has 0 aromatic heterocycles. The van der Waals surface area contributed by atoms with Crippen LogP contribution < -0.4 is 0 Å². The summed E-state index contributed by atoms with van der Waals surface area (Å²) in [7, 11) is 1.84. The van der Waals surface area contributed by atoms with Crippen LogP contribution in [0.15, 0.2) is 0 Å². The van der Waals surface area contributed by atoms with Crippen molar-refractivity contribution in [2.45, 2.75) is 110 Å². The van der Waals surface area contributed by atoms with E-state index in [1.807, 2.05) is 7.11 Å². The summed E-state index contributed by atoms with van der Waals surface area (Å²) >= 11 is 0. The lowest BCUT2D eigenvalue weighted by atomic mass is 9.92. The number of methoxy groups -OCH3 is 1. The molecule has 1 heteroatoms. The Morgan fingerprint density at radius 1 is 0.571 bits per heavy atom. The van der Waals surface area contributed by atoms with E-state index in [1.54, 1.807) is 0 Å². The number of hydrogen-bond donors (Lipinski definition) is 0. The van der Waals surface area contributed by atoms with Gasteiger partial charge in [-0.15, -0.1) is 0 Å². The van der Waals surface area contributed by atoms with Crippen LogP contribution in [0.2, 0.25) is 0 Å². The Labute approximate surface area is 135 Å². The van der Waals surface area contributed by atoms with E-state index in [0.29, 0.717) is 0 Å². The summed E-state index contributed by atoms with van der Waals surface area (Å²) in [6, 6.07) is 0. The van der Waals surface area contributed by atoms with Crippen molar-refractivity contribution in [3.8, 4) is 0 Å². The van der Waals surface area contributed by atoms with Gasteiger partial charge >= 0.3 is 0 Å². The largest absolute Gasteiger partial charge is 0.385 e. The van der Waals surface area contributed by atoms with Gasteiger partial charge in [0, 0.05) is 13.7 Å². The van der Waals surface area contributed by atoms with Crippen LogP contribution in [0.3, 0.4) is 0 Å². The van der Waals surface area contributed by atoms with Crippen molar-refractivity contribution in [2.75, 3.05) is 13.7 Å². The molecule has 0 N–H and O–H groups in total. The smallest absolute Gasteiger partial charge is 0.0464 e. The van der Waals surface area contributed by atoms with E-state index in [9.17, 15) is 0 Å². The standard InChI is InChI=1S/C20H42O/c1-4-6-8-10-12-14-16-20(18-19-21-3)17-15-13-11-9-7-5-2/h20H,4-19H2,1-3H3. The third kappa shape index (κ3) is 16.2. The summed E-state index contributed by atoms with van der Waals surface area (Å²) in [5, 5.41) is 0. The highest BCUT2D eigenvalue weighted by Gasteiger charge is 2.08. The lowest BCUT2D eigenvalue weighted by Crippen LogP contribution is -2.05. The Balaban J connectivity index is 3.56. The van der Waals surface area contributed by atoms with Crippen LogP contribution >= 0.6 is 0 Å². The summed E-state index contributed by atoms with van der Waals surface area (Å²) in [5.74, 6) is 0.919. The van der Waals surface area contributed by atoms with Gasteiger partial charge in [0.25, 0.3) is 0 Å². The highest BCUT2D eigenvalue weighted by Crippen LogP contribution is 2.22. The molecule has 0 bridgehead atoms. The number of unbranched alkanes of at least 4 members (excludes halogenated alkanes) is 10. The summed E-state index contributed by atoms with van der Waals surface area (Å²) in [5.41, 5.74) is 0. The lowest BCUT2D eigenvalue weighted by molar-refractivity contribution is 0.170. The van der Waals surface area contributed by atoms with Crippen LogP contribution in [0.25, 0.3) is 0 Å². The Bertz CT molecular complexity index is 163. The van der Waals surface area contributed by atoms with Crippen molar-refractivity contribution in [2.24, 2.45) is 5.92 Å². The zero-order valence-electron chi connectivity index (χ0n) is 15.3. The number of rotatable bonds is 17. The molecule has 0 aliphatic heterocycles. The van der Waals surface area contributed by atoms with Crippen molar-refractivity contribution in [3.05, 3.63) is 0 Å². The highest BCUT2D eigenvalue weighted by molar-refractivity contribution is 4.61. The van der Waals surface area contributed by atoms with Crippen molar-refractivity contribution >= 4 is 0 Å². The van der Waals surface area contributed by atoms with E-state index in [4.69, 9.17) is 4.74 Å². The molecular weight excluding hydrogens is 256 g/mol. The van der Waals surface area contributed by atoms with Crippen molar-refractivity contribution in [3.63, 3.8) is 0 Å². The van der Waals surface area contributed by atoms with Crippen LogP contribution in [0.1, 0.15) is 110 Å². The first-order chi connectivity index (χ1) is 10.3. The van der Waals surface area contributed by atoms with Crippen LogP contribution in [-0.4, -0.2) is 13.7 Å². The second-order valence-electron chi connectivity index (χ2n) is 6.76. The van der Waals surface area contributed by atoms with E-state index in [1.165, 1.54) is 96.3 Å². The second-order valence-corrected chi connectivity index (χ2v) is 6.76. The van der Waals surface area contributed by atoms with E-state index < -0.39 is 0 Å². The molecule has 0 aliphatic rings. The minimum absolute atomic E-state index is 0.919. The maximum Gasteiger partial charge on any atom is 0.0464 e. The molecule has 0 aromatic rings. The fourth-order valence-electron chi connectivity index (χ4n) is 3.14. The normalized spacial score (nSPS) is 11.4. The maximum atomic E-state index is 5.29. The number of hydrogen-bond acceptors (Lipinski definition) is 1. The Kier molecular flexibility index (Phi) is 18.0. The molecule has 0 spiro atoms. The van der Waals surface area contributed by atoms with Gasteiger partial charge in [0.1, 0.15) is 0 Å². The summed E-state index contributed by atoms with van der Waals surface area (Å²) in [4.78, 5) is 0. The fraction of sp³-hybridized carbons (Fsp3) is 1.00. The SMILES string of the molecule is CCCCCCCCC(CCCCCCCC)CCOC. The molecule has 0 atom stereocenters. The summed E-state index contributed by atoms with van der Waals surface area (Å²) < 4.78 is 5.29. The monoisotopic (exact) mass is 298 g/mol. The topological polar surface area (TPSA) is 9.23 Å². The van der Waals surface area contributed by atoms with Crippen LogP contribution in [0.4, 0.5) is 0 Å². The predicted molar refractivity (Wildman–Crippen MR) is 96.0 cm³/mol. The second kappa shape index (κ2) is 18.0. The van der Waals surface area contributed by atoms with E-state index >= 15 is 0 Å². The molecule has 0 aromatic carbocycles. The zero-order chi connectivity index (χ0) is 15.6. The molecule has 0 fully saturated rings. The van der Waals surface area contributed by atoms with Crippen LogP contribution in [0, 0.1) is 5.92 Å². The van der Waals surface area contributed by atoms with Gasteiger partial charge in [-0.1, -0.05) is 104 Å². The van der Waals surface area contributed by atoms with Crippen LogP contribution in [-0.2, 0) is 4.74 Å².